The van der Waals surface area contributed by atoms with E-state index >= 15 is 0 Å². The minimum absolute atomic E-state index is 0.0812. The molecule has 25 heavy (non-hydrogen) atoms. The van der Waals surface area contributed by atoms with Gasteiger partial charge in [0, 0.05) is 17.7 Å². The van der Waals surface area contributed by atoms with Crippen molar-refractivity contribution in [2.75, 3.05) is 14.2 Å². The Balaban J connectivity index is 2.79. The smallest absolute Gasteiger partial charge is 0.352 e. The Kier molecular flexibility index (Phi) is 7.85. The number of hydrogen-bond donors (Lipinski definition) is 0. The lowest BCUT2D eigenvalue weighted by atomic mass is 10.2. The Morgan fingerprint density at radius 3 is 2.32 bits per heavy atom. The van der Waals surface area contributed by atoms with E-state index < -0.39 is 24.0 Å². The fourth-order valence-corrected chi connectivity index (χ4v) is 1.70. The van der Waals surface area contributed by atoms with Crippen molar-refractivity contribution in [3.63, 3.8) is 0 Å². The Bertz CT molecular complexity index is 677. The summed E-state index contributed by atoms with van der Waals surface area (Å²) in [5.41, 5.74) is 0.350. The molecule has 8 nitrogen and oxygen atoms in total. The monoisotopic (exact) mass is 350 g/mol. The molecule has 1 rings (SSSR count). The molecule has 0 radical (unpaired) electrons. The summed E-state index contributed by atoms with van der Waals surface area (Å²) in [6.45, 7) is 1.62. The fraction of sp³-hybridized carbons (Fsp3) is 0.294. The Morgan fingerprint density at radius 2 is 1.76 bits per heavy atom. The summed E-state index contributed by atoms with van der Waals surface area (Å²) in [4.78, 5) is 45.4. The van der Waals surface area contributed by atoms with Crippen LogP contribution in [0.25, 0.3) is 0 Å². The summed E-state index contributed by atoms with van der Waals surface area (Å²) in [5.74, 6) is -2.17. The van der Waals surface area contributed by atoms with Crippen LogP contribution in [0.4, 0.5) is 0 Å². The molecular formula is C17H18O8. The zero-order valence-electron chi connectivity index (χ0n) is 14.0. The van der Waals surface area contributed by atoms with Gasteiger partial charge in [-0.25, -0.2) is 14.4 Å². The van der Waals surface area contributed by atoms with Crippen LogP contribution in [0.5, 0.6) is 11.5 Å². The van der Waals surface area contributed by atoms with Gasteiger partial charge < -0.3 is 18.9 Å². The maximum absolute atomic E-state index is 12.2. The van der Waals surface area contributed by atoms with E-state index in [1.807, 2.05) is 0 Å². The van der Waals surface area contributed by atoms with Gasteiger partial charge in [-0.05, 0) is 24.6 Å². The Morgan fingerprint density at radius 1 is 1.08 bits per heavy atom. The zero-order valence-corrected chi connectivity index (χ0v) is 14.0. The fourth-order valence-electron chi connectivity index (χ4n) is 1.70. The summed E-state index contributed by atoms with van der Waals surface area (Å²) < 4.78 is 19.5. The molecule has 1 unspecified atom stereocenters. The van der Waals surface area contributed by atoms with Crippen LogP contribution >= 0.6 is 0 Å². The van der Waals surface area contributed by atoms with Crippen molar-refractivity contribution >= 4 is 24.2 Å². The van der Waals surface area contributed by atoms with E-state index in [1.165, 1.54) is 25.3 Å². The van der Waals surface area contributed by atoms with Gasteiger partial charge in [0.25, 0.3) is 0 Å². The first-order valence-corrected chi connectivity index (χ1v) is 7.26. The van der Waals surface area contributed by atoms with Crippen LogP contribution in [0.1, 0.15) is 23.7 Å². The second-order valence-electron chi connectivity index (χ2n) is 4.64. The van der Waals surface area contributed by atoms with E-state index in [2.05, 4.69) is 4.74 Å². The molecule has 0 amide bonds. The van der Waals surface area contributed by atoms with E-state index in [-0.39, 0.29) is 17.9 Å². The first-order valence-electron chi connectivity index (χ1n) is 7.26. The zero-order chi connectivity index (χ0) is 18.8. The van der Waals surface area contributed by atoms with Crippen molar-refractivity contribution in [3.8, 4) is 11.5 Å². The summed E-state index contributed by atoms with van der Waals surface area (Å²) in [7, 11) is 2.52. The first-order chi connectivity index (χ1) is 11.9. The maximum atomic E-state index is 12.2. The highest BCUT2D eigenvalue weighted by Gasteiger charge is 2.24. The lowest BCUT2D eigenvalue weighted by molar-refractivity contribution is -0.159. The Labute approximate surface area is 144 Å². The Hall–Kier alpha value is -3.16. The highest BCUT2D eigenvalue weighted by Crippen LogP contribution is 2.28. The molecule has 8 heteroatoms. The van der Waals surface area contributed by atoms with Crippen LogP contribution in [0, 0.1) is 0 Å². The highest BCUT2D eigenvalue weighted by atomic mass is 16.6. The second kappa shape index (κ2) is 9.86. The van der Waals surface area contributed by atoms with Crippen LogP contribution in [0.2, 0.25) is 0 Å². The molecule has 1 aromatic carbocycles. The van der Waals surface area contributed by atoms with Gasteiger partial charge in [-0.1, -0.05) is 6.92 Å². The van der Waals surface area contributed by atoms with Crippen LogP contribution in [0.3, 0.4) is 0 Å². The minimum Gasteiger partial charge on any atom is -0.493 e. The molecule has 0 heterocycles. The van der Waals surface area contributed by atoms with Crippen LogP contribution in [-0.4, -0.2) is 44.5 Å². The number of esters is 3. The minimum atomic E-state index is -1.18. The van der Waals surface area contributed by atoms with Crippen molar-refractivity contribution in [1.82, 2.24) is 0 Å². The SMILES string of the molecule is CCC(OC(=O)/C=C\C(=O)OC)C(=O)Oc1ccc(C=O)cc1OC. The van der Waals surface area contributed by atoms with Gasteiger partial charge in [0.15, 0.2) is 17.6 Å². The second-order valence-corrected chi connectivity index (χ2v) is 4.64. The molecular weight excluding hydrogens is 332 g/mol. The van der Waals surface area contributed by atoms with Crippen molar-refractivity contribution in [3.05, 3.63) is 35.9 Å². The third-order valence-electron chi connectivity index (χ3n) is 2.98. The molecule has 1 atom stereocenters. The lowest BCUT2D eigenvalue weighted by Gasteiger charge is -2.15. The molecule has 0 fully saturated rings. The van der Waals surface area contributed by atoms with E-state index in [0.29, 0.717) is 11.8 Å². The van der Waals surface area contributed by atoms with E-state index in [1.54, 1.807) is 6.92 Å². The van der Waals surface area contributed by atoms with Crippen molar-refractivity contribution in [2.45, 2.75) is 19.4 Å². The van der Waals surface area contributed by atoms with Crippen LogP contribution in [-0.2, 0) is 23.9 Å². The molecule has 0 aliphatic heterocycles. The predicted octanol–water partition coefficient (Wildman–Crippen LogP) is 1.46. The average Bonchev–Trinajstić information content (AvgIpc) is 2.64. The predicted molar refractivity (Wildman–Crippen MR) is 85.3 cm³/mol. The molecule has 134 valence electrons. The van der Waals surface area contributed by atoms with Gasteiger partial charge in [0.1, 0.15) is 6.29 Å². The van der Waals surface area contributed by atoms with Gasteiger partial charge in [-0.15, -0.1) is 0 Å². The third-order valence-corrected chi connectivity index (χ3v) is 2.98. The molecule has 1 aromatic rings. The summed E-state index contributed by atoms with van der Waals surface area (Å²) in [5, 5.41) is 0. The topological polar surface area (TPSA) is 105 Å². The van der Waals surface area contributed by atoms with Gasteiger partial charge in [-0.3, -0.25) is 4.79 Å². The van der Waals surface area contributed by atoms with Gasteiger partial charge in [-0.2, -0.15) is 0 Å². The average molecular weight is 350 g/mol. The quantitative estimate of drug-likeness (QED) is 0.300. The first kappa shape index (κ1) is 19.9. The number of hydrogen-bond acceptors (Lipinski definition) is 8. The van der Waals surface area contributed by atoms with E-state index in [9.17, 15) is 19.2 Å². The van der Waals surface area contributed by atoms with Crippen molar-refractivity contribution < 1.29 is 38.1 Å². The summed E-state index contributed by atoms with van der Waals surface area (Å²) in [6, 6.07) is 4.25. The normalized spacial score (nSPS) is 11.5. The number of methoxy groups -OCH3 is 2. The number of rotatable bonds is 8. The molecule has 0 aromatic heterocycles. The van der Waals surface area contributed by atoms with Crippen molar-refractivity contribution in [1.29, 1.82) is 0 Å². The molecule has 0 N–H and O–H groups in total. The standard InChI is InChI=1S/C17H18O8/c1-4-12(24-16(20)8-7-15(19)23-3)17(21)25-13-6-5-11(10-18)9-14(13)22-2/h5-10,12H,4H2,1-3H3/b8-7-. The molecule has 0 aliphatic carbocycles. The van der Waals surface area contributed by atoms with E-state index in [0.717, 1.165) is 19.3 Å². The molecule has 0 saturated heterocycles. The largest absolute Gasteiger partial charge is 0.493 e. The lowest BCUT2D eigenvalue weighted by Crippen LogP contribution is -2.30. The van der Waals surface area contributed by atoms with Crippen LogP contribution in [0.15, 0.2) is 30.4 Å². The maximum Gasteiger partial charge on any atom is 0.352 e. The van der Waals surface area contributed by atoms with E-state index in [4.69, 9.17) is 14.2 Å². The van der Waals surface area contributed by atoms with Gasteiger partial charge >= 0.3 is 17.9 Å². The van der Waals surface area contributed by atoms with Gasteiger partial charge in [0.2, 0.25) is 0 Å². The third kappa shape index (κ3) is 6.09. The summed E-state index contributed by atoms with van der Waals surface area (Å²) >= 11 is 0. The molecule has 0 aliphatic rings. The van der Waals surface area contributed by atoms with Crippen LogP contribution < -0.4 is 9.47 Å². The number of carbonyl (C=O) groups is 4. The number of benzene rings is 1. The molecule has 0 bridgehead atoms. The number of aldehydes is 1. The summed E-state index contributed by atoms with van der Waals surface area (Å²) in [6.07, 6.45) is 1.33. The number of carbonyl (C=O) groups excluding carboxylic acids is 4. The van der Waals surface area contributed by atoms with Crippen molar-refractivity contribution in [2.24, 2.45) is 0 Å². The number of ether oxygens (including phenoxy) is 4. The molecule has 0 spiro atoms. The molecule has 0 saturated carbocycles. The highest BCUT2D eigenvalue weighted by molar-refractivity contribution is 5.92. The van der Waals surface area contributed by atoms with Gasteiger partial charge in [0.05, 0.1) is 14.2 Å².